The van der Waals surface area contributed by atoms with E-state index in [4.69, 9.17) is 4.74 Å². The number of rotatable bonds is 5. The molecule has 1 N–H and O–H groups in total. The number of aromatic nitrogens is 2. The van der Waals surface area contributed by atoms with Crippen LogP contribution in [-0.2, 0) is 16.1 Å². The lowest BCUT2D eigenvalue weighted by Gasteiger charge is -2.08. The third-order valence-corrected chi connectivity index (χ3v) is 4.57. The fourth-order valence-corrected chi connectivity index (χ4v) is 3.32. The first-order valence-corrected chi connectivity index (χ1v) is 8.82. The predicted octanol–water partition coefficient (Wildman–Crippen LogP) is 2.58. The maximum atomic E-state index is 12.4. The number of carbonyl (C=O) groups is 2. The van der Waals surface area contributed by atoms with Gasteiger partial charge in [-0.25, -0.2) is 9.78 Å². The minimum Gasteiger partial charge on any atom is -0.462 e. The maximum absolute atomic E-state index is 12.4. The molecule has 1 aromatic carbocycles. The molecule has 0 spiro atoms. The Morgan fingerprint density at radius 2 is 2.12 bits per heavy atom. The second-order valence-electron chi connectivity index (χ2n) is 5.60. The molecule has 7 nitrogen and oxygen atoms in total. The highest BCUT2D eigenvalue weighted by molar-refractivity contribution is 7.18. The normalized spacial score (nSPS) is 10.7. The van der Waals surface area contributed by atoms with Gasteiger partial charge in [0.05, 0.1) is 23.9 Å². The topological polar surface area (TPSA) is 90.3 Å². The first-order chi connectivity index (χ1) is 12.5. The molecule has 0 saturated carbocycles. The third kappa shape index (κ3) is 3.80. The van der Waals surface area contributed by atoms with Crippen molar-refractivity contribution >= 4 is 39.1 Å². The van der Waals surface area contributed by atoms with Crippen LogP contribution >= 0.6 is 11.3 Å². The smallest absolute Gasteiger partial charge is 0.338 e. The van der Waals surface area contributed by atoms with E-state index in [9.17, 15) is 14.4 Å². The summed E-state index contributed by atoms with van der Waals surface area (Å²) in [5, 5.41) is 3.18. The van der Waals surface area contributed by atoms with Crippen LogP contribution in [0.3, 0.4) is 0 Å². The van der Waals surface area contributed by atoms with E-state index in [1.54, 1.807) is 31.2 Å². The molecule has 8 heteroatoms. The van der Waals surface area contributed by atoms with Crippen LogP contribution < -0.4 is 10.9 Å². The number of thiophene rings is 1. The molecule has 0 fully saturated rings. The van der Waals surface area contributed by atoms with E-state index in [0.717, 1.165) is 4.88 Å². The van der Waals surface area contributed by atoms with E-state index < -0.39 is 5.97 Å². The van der Waals surface area contributed by atoms with Gasteiger partial charge in [-0.05, 0) is 38.1 Å². The van der Waals surface area contributed by atoms with Crippen molar-refractivity contribution in [1.82, 2.24) is 9.55 Å². The number of nitrogens with zero attached hydrogens (tertiary/aromatic N) is 2. The lowest BCUT2D eigenvalue weighted by atomic mass is 10.2. The van der Waals surface area contributed by atoms with E-state index in [0.29, 0.717) is 21.5 Å². The Hall–Kier alpha value is -3.00. The van der Waals surface area contributed by atoms with Gasteiger partial charge in [-0.1, -0.05) is 6.07 Å². The van der Waals surface area contributed by atoms with Crippen LogP contribution in [0.15, 0.2) is 41.5 Å². The molecule has 0 aliphatic carbocycles. The van der Waals surface area contributed by atoms with Crippen LogP contribution in [0.1, 0.15) is 22.2 Å². The summed E-state index contributed by atoms with van der Waals surface area (Å²) in [5.74, 6) is -0.844. The number of esters is 1. The number of aryl methyl sites for hydroxylation is 1. The Balaban J connectivity index is 1.75. The first-order valence-electron chi connectivity index (χ1n) is 8.00. The largest absolute Gasteiger partial charge is 0.462 e. The van der Waals surface area contributed by atoms with Crippen LogP contribution in [-0.4, -0.2) is 28.0 Å². The first kappa shape index (κ1) is 17.8. The fraction of sp³-hybridized carbons (Fsp3) is 0.222. The van der Waals surface area contributed by atoms with Gasteiger partial charge in [-0.3, -0.25) is 14.2 Å². The summed E-state index contributed by atoms with van der Waals surface area (Å²) in [6, 6.07) is 8.21. The van der Waals surface area contributed by atoms with E-state index >= 15 is 0 Å². The highest BCUT2D eigenvalue weighted by Crippen LogP contribution is 2.19. The second-order valence-corrected chi connectivity index (χ2v) is 6.84. The van der Waals surface area contributed by atoms with Crippen LogP contribution in [0.2, 0.25) is 0 Å². The summed E-state index contributed by atoms with van der Waals surface area (Å²) < 4.78 is 6.20. The molecular formula is C18H17N3O4S. The molecule has 2 heterocycles. The third-order valence-electron chi connectivity index (χ3n) is 3.61. The van der Waals surface area contributed by atoms with E-state index in [-0.39, 0.29) is 24.6 Å². The highest BCUT2D eigenvalue weighted by atomic mass is 32.1. The molecule has 0 saturated heterocycles. The molecule has 0 atom stereocenters. The van der Waals surface area contributed by atoms with Crippen molar-refractivity contribution in [3.05, 3.63) is 57.5 Å². The number of amides is 1. The van der Waals surface area contributed by atoms with Gasteiger partial charge in [-0.15, -0.1) is 11.3 Å². The van der Waals surface area contributed by atoms with Crippen molar-refractivity contribution in [2.45, 2.75) is 20.4 Å². The van der Waals surface area contributed by atoms with Gasteiger partial charge >= 0.3 is 5.97 Å². The Bertz CT molecular complexity index is 1040. The second kappa shape index (κ2) is 7.49. The average molecular weight is 371 g/mol. The van der Waals surface area contributed by atoms with E-state index in [2.05, 4.69) is 10.3 Å². The number of anilines is 1. The minimum absolute atomic E-state index is 0.166. The van der Waals surface area contributed by atoms with Crippen LogP contribution in [0, 0.1) is 6.92 Å². The van der Waals surface area contributed by atoms with Gasteiger partial charge in [0.2, 0.25) is 5.91 Å². The summed E-state index contributed by atoms with van der Waals surface area (Å²) in [7, 11) is 0. The average Bonchev–Trinajstić information content (AvgIpc) is 2.99. The molecular weight excluding hydrogens is 354 g/mol. The zero-order valence-electron chi connectivity index (χ0n) is 14.3. The van der Waals surface area contributed by atoms with Gasteiger partial charge in [0.1, 0.15) is 11.4 Å². The van der Waals surface area contributed by atoms with E-state index in [1.165, 1.54) is 28.3 Å². The molecule has 1 amide bonds. The predicted molar refractivity (Wildman–Crippen MR) is 99.6 cm³/mol. The van der Waals surface area contributed by atoms with Crippen molar-refractivity contribution in [2.24, 2.45) is 0 Å². The van der Waals surface area contributed by atoms with Crippen LogP contribution in [0.4, 0.5) is 5.69 Å². The number of hydrogen-bond acceptors (Lipinski definition) is 6. The summed E-state index contributed by atoms with van der Waals surface area (Å²) in [5.41, 5.74) is 0.544. The van der Waals surface area contributed by atoms with Crippen LogP contribution in [0.5, 0.6) is 0 Å². The van der Waals surface area contributed by atoms with Crippen molar-refractivity contribution < 1.29 is 14.3 Å². The van der Waals surface area contributed by atoms with Gasteiger partial charge < -0.3 is 10.1 Å². The highest BCUT2D eigenvalue weighted by Gasteiger charge is 2.12. The Labute approximate surface area is 153 Å². The molecule has 134 valence electrons. The SMILES string of the molecule is CCOC(=O)c1cccc(NC(=O)Cn2cnc3sc(C)cc3c2=O)c1. The van der Waals surface area contributed by atoms with Crippen molar-refractivity contribution in [1.29, 1.82) is 0 Å². The Morgan fingerprint density at radius 1 is 1.31 bits per heavy atom. The van der Waals surface area contributed by atoms with Gasteiger partial charge in [0, 0.05) is 10.6 Å². The summed E-state index contributed by atoms with van der Waals surface area (Å²) in [4.78, 5) is 42.3. The number of nitrogens with one attached hydrogen (secondary N) is 1. The standard InChI is InChI=1S/C18H17N3O4S/c1-3-25-18(24)12-5-4-6-13(8-12)20-15(22)9-21-10-19-16-14(17(21)23)7-11(2)26-16/h4-8,10H,3,9H2,1-2H3,(H,20,22). The zero-order valence-corrected chi connectivity index (χ0v) is 15.1. The number of fused-ring (bicyclic) bond motifs is 1. The molecule has 3 aromatic rings. The van der Waals surface area contributed by atoms with Gasteiger partial charge in [0.25, 0.3) is 5.56 Å². The van der Waals surface area contributed by atoms with E-state index in [1.807, 2.05) is 6.92 Å². The lowest BCUT2D eigenvalue weighted by molar-refractivity contribution is -0.116. The molecule has 0 radical (unpaired) electrons. The molecule has 0 unspecified atom stereocenters. The molecule has 0 aliphatic heterocycles. The molecule has 26 heavy (non-hydrogen) atoms. The lowest BCUT2D eigenvalue weighted by Crippen LogP contribution is -2.27. The van der Waals surface area contributed by atoms with Crippen molar-refractivity contribution in [3.8, 4) is 0 Å². The quantitative estimate of drug-likeness (QED) is 0.696. The summed E-state index contributed by atoms with van der Waals surface area (Å²) in [6.07, 6.45) is 1.37. The zero-order chi connectivity index (χ0) is 18.7. The Kier molecular flexibility index (Phi) is 5.13. The number of benzene rings is 1. The number of hydrogen-bond donors (Lipinski definition) is 1. The number of carbonyl (C=O) groups excluding carboxylic acids is 2. The molecule has 0 bridgehead atoms. The van der Waals surface area contributed by atoms with Crippen molar-refractivity contribution in [3.63, 3.8) is 0 Å². The maximum Gasteiger partial charge on any atom is 0.338 e. The Morgan fingerprint density at radius 3 is 2.88 bits per heavy atom. The molecule has 0 aliphatic rings. The molecule has 3 rings (SSSR count). The molecule has 2 aromatic heterocycles. The monoisotopic (exact) mass is 371 g/mol. The summed E-state index contributed by atoms with van der Waals surface area (Å²) >= 11 is 1.44. The fourth-order valence-electron chi connectivity index (χ4n) is 2.49. The minimum atomic E-state index is -0.456. The van der Waals surface area contributed by atoms with Crippen LogP contribution in [0.25, 0.3) is 10.2 Å². The van der Waals surface area contributed by atoms with Gasteiger partial charge in [0.15, 0.2) is 0 Å². The summed E-state index contributed by atoms with van der Waals surface area (Å²) in [6.45, 7) is 3.73. The number of ether oxygens (including phenoxy) is 1. The van der Waals surface area contributed by atoms with Gasteiger partial charge in [-0.2, -0.15) is 0 Å². The van der Waals surface area contributed by atoms with Crippen molar-refractivity contribution in [2.75, 3.05) is 11.9 Å².